The third-order valence-corrected chi connectivity index (χ3v) is 5.85. The number of piperazine rings is 1. The van der Waals surface area contributed by atoms with Crippen molar-refractivity contribution in [3.05, 3.63) is 83.4 Å². The molecular weight excluding hydrogens is 397 g/mol. The van der Waals surface area contributed by atoms with E-state index in [0.717, 1.165) is 44.0 Å². The Morgan fingerprint density at radius 1 is 1.00 bits per heavy atom. The number of hydrogen-bond acceptors (Lipinski definition) is 3. The molecule has 1 aliphatic heterocycles. The Kier molecular flexibility index (Phi) is 6.40. The van der Waals surface area contributed by atoms with Gasteiger partial charge >= 0.3 is 0 Å². The normalized spacial score (nSPS) is 14.7. The maximum atomic E-state index is 13.9. The summed E-state index contributed by atoms with van der Waals surface area (Å²) in [5.41, 5.74) is 4.14. The lowest BCUT2D eigenvalue weighted by Crippen LogP contribution is -2.49. The first-order valence-electron chi connectivity index (χ1n) is 10.2. The highest BCUT2D eigenvalue weighted by Gasteiger charge is 2.20. The molecule has 0 saturated carbocycles. The van der Waals surface area contributed by atoms with Crippen LogP contribution in [0.1, 0.15) is 16.7 Å². The Hall–Kier alpha value is -2.77. The van der Waals surface area contributed by atoms with Crippen LogP contribution in [0.3, 0.4) is 0 Å². The minimum absolute atomic E-state index is 0.139. The van der Waals surface area contributed by atoms with E-state index in [1.54, 1.807) is 12.3 Å². The largest absolute Gasteiger partial charge is 0.346 e. The molecule has 1 N–H and O–H groups in total. The molecule has 7 heteroatoms. The van der Waals surface area contributed by atoms with Gasteiger partial charge in [-0.1, -0.05) is 42.5 Å². The predicted octanol–water partition coefficient (Wildman–Crippen LogP) is 3.89. The molecule has 0 atom stereocenters. The molecule has 0 bridgehead atoms. The molecule has 2 heterocycles. The number of hydrogen-bond donors (Lipinski definition) is 1. The van der Waals surface area contributed by atoms with Crippen LogP contribution in [-0.4, -0.2) is 50.9 Å². The third-order valence-electron chi connectivity index (χ3n) is 5.49. The van der Waals surface area contributed by atoms with Crippen molar-refractivity contribution in [1.82, 2.24) is 19.6 Å². The molecule has 0 spiro atoms. The summed E-state index contributed by atoms with van der Waals surface area (Å²) in [6.07, 6.45) is 3.78. The van der Waals surface area contributed by atoms with Gasteiger partial charge in [-0.3, -0.25) is 9.58 Å². The average molecular weight is 424 g/mol. The highest BCUT2D eigenvalue weighted by Crippen LogP contribution is 2.15. The fourth-order valence-corrected chi connectivity index (χ4v) is 3.96. The first-order chi connectivity index (χ1) is 14.6. The summed E-state index contributed by atoms with van der Waals surface area (Å²) < 4.78 is 15.8. The van der Waals surface area contributed by atoms with E-state index in [0.29, 0.717) is 11.7 Å². The molecule has 5 nitrogen and oxygen atoms in total. The number of thiocarbonyl (C=S) groups is 1. The lowest BCUT2D eigenvalue weighted by molar-refractivity contribution is 0.175. The highest BCUT2D eigenvalue weighted by atomic mass is 32.1. The number of anilines is 1. The van der Waals surface area contributed by atoms with Crippen molar-refractivity contribution >= 4 is 23.0 Å². The molecule has 3 aromatic rings. The van der Waals surface area contributed by atoms with Crippen molar-refractivity contribution in [2.24, 2.45) is 0 Å². The van der Waals surface area contributed by atoms with Crippen molar-refractivity contribution in [2.75, 3.05) is 31.5 Å². The minimum atomic E-state index is -0.139. The lowest BCUT2D eigenvalue weighted by atomic mass is 10.1. The van der Waals surface area contributed by atoms with E-state index in [9.17, 15) is 4.39 Å². The monoisotopic (exact) mass is 423 g/mol. The van der Waals surface area contributed by atoms with E-state index in [2.05, 4.69) is 39.3 Å². The first kappa shape index (κ1) is 20.5. The van der Waals surface area contributed by atoms with Crippen molar-refractivity contribution in [2.45, 2.75) is 20.0 Å². The van der Waals surface area contributed by atoms with Crippen molar-refractivity contribution in [1.29, 1.82) is 0 Å². The maximum absolute atomic E-state index is 13.9. The second-order valence-electron chi connectivity index (χ2n) is 7.64. The van der Waals surface area contributed by atoms with Crippen LogP contribution >= 0.6 is 12.2 Å². The Morgan fingerprint density at radius 2 is 1.70 bits per heavy atom. The number of rotatable bonds is 5. The standard InChI is InChI=1S/C23H26FN5S/c1-18-6-2-3-7-19(18)16-29-17-21(14-25-29)26-23(30)28-12-10-27(11-13-28)15-20-8-4-5-9-22(20)24/h2-9,14,17H,10-13,15-16H2,1H3,(H,26,30). The SMILES string of the molecule is Cc1ccccc1Cn1cc(NC(=S)N2CCN(Cc3ccccc3F)CC2)cn1. The molecule has 0 aliphatic carbocycles. The second kappa shape index (κ2) is 9.36. The number of aromatic nitrogens is 2. The highest BCUT2D eigenvalue weighted by molar-refractivity contribution is 7.80. The Morgan fingerprint density at radius 3 is 2.43 bits per heavy atom. The van der Waals surface area contributed by atoms with E-state index in [1.807, 2.05) is 35.1 Å². The molecule has 156 valence electrons. The molecule has 0 amide bonds. The van der Waals surface area contributed by atoms with Gasteiger partial charge in [-0.2, -0.15) is 5.10 Å². The molecule has 30 heavy (non-hydrogen) atoms. The van der Waals surface area contributed by atoms with Crippen molar-refractivity contribution < 1.29 is 4.39 Å². The number of aryl methyl sites for hydroxylation is 1. The topological polar surface area (TPSA) is 36.3 Å². The molecule has 0 radical (unpaired) electrons. The molecule has 1 aliphatic rings. The van der Waals surface area contributed by atoms with E-state index >= 15 is 0 Å². The zero-order valence-corrected chi connectivity index (χ0v) is 17.9. The fourth-order valence-electron chi connectivity index (χ4n) is 3.66. The van der Waals surface area contributed by atoms with Crippen LogP contribution in [0.5, 0.6) is 0 Å². The first-order valence-corrected chi connectivity index (χ1v) is 10.6. The van der Waals surface area contributed by atoms with Crippen LogP contribution in [0.4, 0.5) is 10.1 Å². The molecule has 2 aromatic carbocycles. The van der Waals surface area contributed by atoms with Gasteiger partial charge in [0, 0.05) is 44.5 Å². The molecule has 1 fully saturated rings. The van der Waals surface area contributed by atoms with Crippen LogP contribution in [0.25, 0.3) is 0 Å². The van der Waals surface area contributed by atoms with Gasteiger partial charge in [0.25, 0.3) is 0 Å². The number of benzene rings is 2. The van der Waals surface area contributed by atoms with Crippen molar-refractivity contribution in [3.8, 4) is 0 Å². The van der Waals surface area contributed by atoms with Gasteiger partial charge < -0.3 is 10.2 Å². The quantitative estimate of drug-likeness (QED) is 0.630. The van der Waals surface area contributed by atoms with Gasteiger partial charge in [0.1, 0.15) is 5.82 Å². The van der Waals surface area contributed by atoms with Crippen molar-refractivity contribution in [3.63, 3.8) is 0 Å². The lowest BCUT2D eigenvalue weighted by Gasteiger charge is -2.36. The van der Waals surface area contributed by atoms with Crippen LogP contribution in [0, 0.1) is 12.7 Å². The summed E-state index contributed by atoms with van der Waals surface area (Å²) >= 11 is 5.60. The Labute approximate surface area is 182 Å². The second-order valence-corrected chi connectivity index (χ2v) is 8.02. The fraction of sp³-hybridized carbons (Fsp3) is 0.304. The molecule has 1 aromatic heterocycles. The summed E-state index contributed by atoms with van der Waals surface area (Å²) in [5.74, 6) is -0.139. The molecule has 1 saturated heterocycles. The summed E-state index contributed by atoms with van der Waals surface area (Å²) in [4.78, 5) is 4.42. The van der Waals surface area contributed by atoms with Crippen LogP contribution < -0.4 is 5.32 Å². The number of halogens is 1. The van der Waals surface area contributed by atoms with Gasteiger partial charge in [-0.15, -0.1) is 0 Å². The summed E-state index contributed by atoms with van der Waals surface area (Å²) in [6, 6.07) is 15.3. The van der Waals surface area contributed by atoms with E-state index in [4.69, 9.17) is 12.2 Å². The Balaban J connectivity index is 1.28. The van der Waals surface area contributed by atoms with E-state index in [-0.39, 0.29) is 5.82 Å². The van der Waals surface area contributed by atoms with Crippen LogP contribution in [0.15, 0.2) is 60.9 Å². The molecule has 0 unspecified atom stereocenters. The van der Waals surface area contributed by atoms with Crippen LogP contribution in [0.2, 0.25) is 0 Å². The smallest absolute Gasteiger partial charge is 0.173 e. The average Bonchev–Trinajstić information content (AvgIpc) is 3.19. The van der Waals surface area contributed by atoms with Gasteiger partial charge in [-0.25, -0.2) is 4.39 Å². The van der Waals surface area contributed by atoms with Crippen LogP contribution in [-0.2, 0) is 13.1 Å². The number of nitrogens with zero attached hydrogens (tertiary/aromatic N) is 4. The van der Waals surface area contributed by atoms with Gasteiger partial charge in [0.2, 0.25) is 0 Å². The summed E-state index contributed by atoms with van der Waals surface area (Å²) in [6.45, 7) is 6.81. The summed E-state index contributed by atoms with van der Waals surface area (Å²) in [5, 5.41) is 8.46. The van der Waals surface area contributed by atoms with Gasteiger partial charge in [0.15, 0.2) is 5.11 Å². The van der Waals surface area contributed by atoms with Gasteiger partial charge in [0.05, 0.1) is 18.4 Å². The zero-order valence-electron chi connectivity index (χ0n) is 17.1. The Bertz CT molecular complexity index is 1010. The molecular formula is C23H26FN5S. The number of nitrogens with one attached hydrogen (secondary N) is 1. The zero-order chi connectivity index (χ0) is 20.9. The predicted molar refractivity (Wildman–Crippen MR) is 122 cm³/mol. The molecule has 4 rings (SSSR count). The summed E-state index contributed by atoms with van der Waals surface area (Å²) in [7, 11) is 0. The van der Waals surface area contributed by atoms with E-state index in [1.165, 1.54) is 17.2 Å². The minimum Gasteiger partial charge on any atom is -0.346 e. The third kappa shape index (κ3) is 5.04. The maximum Gasteiger partial charge on any atom is 0.173 e. The van der Waals surface area contributed by atoms with E-state index < -0.39 is 0 Å². The van der Waals surface area contributed by atoms with Gasteiger partial charge in [-0.05, 0) is 36.3 Å².